The number of aryl methyl sites for hydroxylation is 1. The quantitative estimate of drug-likeness (QED) is 0.661. The molecule has 0 saturated carbocycles. The number of hydrogen-bond donors (Lipinski definition) is 0. The Kier molecular flexibility index (Phi) is 5.24. The molecule has 1 aromatic heterocycles. The summed E-state index contributed by atoms with van der Waals surface area (Å²) in [6.07, 6.45) is -0.767. The van der Waals surface area contributed by atoms with Gasteiger partial charge in [0.25, 0.3) is 11.5 Å². The fraction of sp³-hybridized carbons (Fsp3) is 0.444. The van der Waals surface area contributed by atoms with Gasteiger partial charge in [-0.15, -0.1) is 0 Å². The Morgan fingerprint density at radius 3 is 2.54 bits per heavy atom. The molecule has 28 heavy (non-hydrogen) atoms. The lowest BCUT2D eigenvalue weighted by Gasteiger charge is -2.26. The van der Waals surface area contributed by atoms with Gasteiger partial charge in [0.2, 0.25) is 0 Å². The molecule has 1 aliphatic rings. The lowest BCUT2D eigenvalue weighted by Crippen LogP contribution is -2.44. The SMILES string of the molecule is C[C@H](OC(=O)c1nn(C)c(=O)c2ccccc12)C(=O)N(C)[C@H]1CCS(=O)(=O)C1. The van der Waals surface area contributed by atoms with Gasteiger partial charge < -0.3 is 9.64 Å². The second kappa shape index (κ2) is 7.34. The summed E-state index contributed by atoms with van der Waals surface area (Å²) in [5.41, 5.74) is -0.415. The number of likely N-dealkylation sites (N-methyl/N-ethyl adjacent to an activating group) is 1. The standard InChI is InChI=1S/C18H21N3O6S/c1-11(16(22)20(2)12-8-9-28(25,26)10-12)27-18(24)15-13-6-4-5-7-14(13)17(23)21(3)19-15/h4-7,11-12H,8-10H2,1-3H3/t11-,12-/m0/s1. The molecule has 150 valence electrons. The Hall–Kier alpha value is -2.75. The highest BCUT2D eigenvalue weighted by Crippen LogP contribution is 2.19. The summed E-state index contributed by atoms with van der Waals surface area (Å²) in [5, 5.41) is 4.64. The Bertz CT molecular complexity index is 1110. The molecule has 1 amide bonds. The molecule has 1 saturated heterocycles. The summed E-state index contributed by atoms with van der Waals surface area (Å²) < 4.78 is 29.6. The highest BCUT2D eigenvalue weighted by Gasteiger charge is 2.35. The van der Waals surface area contributed by atoms with Crippen molar-refractivity contribution in [3.63, 3.8) is 0 Å². The maximum Gasteiger partial charge on any atom is 0.360 e. The van der Waals surface area contributed by atoms with E-state index in [1.54, 1.807) is 24.3 Å². The summed E-state index contributed by atoms with van der Waals surface area (Å²) in [4.78, 5) is 38.7. The van der Waals surface area contributed by atoms with Gasteiger partial charge in [-0.2, -0.15) is 5.10 Å². The van der Waals surface area contributed by atoms with Crippen molar-refractivity contribution < 1.29 is 22.7 Å². The van der Waals surface area contributed by atoms with Crippen LogP contribution in [0.5, 0.6) is 0 Å². The lowest BCUT2D eigenvalue weighted by atomic mass is 10.1. The first kappa shape index (κ1) is 20.0. The molecule has 0 N–H and O–H groups in total. The van der Waals surface area contributed by atoms with Gasteiger partial charge in [-0.25, -0.2) is 17.9 Å². The zero-order valence-electron chi connectivity index (χ0n) is 15.8. The van der Waals surface area contributed by atoms with Crippen molar-refractivity contribution in [3.8, 4) is 0 Å². The van der Waals surface area contributed by atoms with Crippen LogP contribution in [0.2, 0.25) is 0 Å². The molecule has 0 unspecified atom stereocenters. The molecular weight excluding hydrogens is 386 g/mol. The van der Waals surface area contributed by atoms with Crippen LogP contribution in [0.25, 0.3) is 10.8 Å². The number of benzene rings is 1. The Morgan fingerprint density at radius 2 is 1.93 bits per heavy atom. The molecular formula is C18H21N3O6S. The first-order valence-corrected chi connectivity index (χ1v) is 10.6. The summed E-state index contributed by atoms with van der Waals surface area (Å²) >= 11 is 0. The minimum absolute atomic E-state index is 0.0391. The van der Waals surface area contributed by atoms with Crippen molar-refractivity contribution in [1.29, 1.82) is 0 Å². The van der Waals surface area contributed by atoms with Gasteiger partial charge >= 0.3 is 5.97 Å². The Morgan fingerprint density at radius 1 is 1.29 bits per heavy atom. The van der Waals surface area contributed by atoms with Crippen LogP contribution in [0.15, 0.2) is 29.1 Å². The van der Waals surface area contributed by atoms with Gasteiger partial charge in [0.15, 0.2) is 21.6 Å². The van der Waals surface area contributed by atoms with Crippen LogP contribution in [0.4, 0.5) is 0 Å². The second-order valence-electron chi connectivity index (χ2n) is 6.88. The zero-order valence-corrected chi connectivity index (χ0v) is 16.6. The number of sulfone groups is 1. The van der Waals surface area contributed by atoms with E-state index in [0.717, 1.165) is 4.68 Å². The highest BCUT2D eigenvalue weighted by molar-refractivity contribution is 7.91. The molecule has 3 rings (SSSR count). The molecule has 2 heterocycles. The number of carbonyl (C=O) groups is 2. The summed E-state index contributed by atoms with van der Waals surface area (Å²) in [6.45, 7) is 1.42. The van der Waals surface area contributed by atoms with Crippen molar-refractivity contribution in [2.45, 2.75) is 25.5 Å². The van der Waals surface area contributed by atoms with Gasteiger partial charge in [-0.05, 0) is 19.4 Å². The Labute approximate surface area is 161 Å². The summed E-state index contributed by atoms with van der Waals surface area (Å²) in [6, 6.07) is 6.08. The number of ether oxygens (including phenoxy) is 1. The molecule has 1 aliphatic heterocycles. The highest BCUT2D eigenvalue weighted by atomic mass is 32.2. The fourth-order valence-corrected chi connectivity index (χ4v) is 5.04. The molecule has 9 nitrogen and oxygen atoms in total. The molecule has 0 aliphatic carbocycles. The average molecular weight is 407 g/mol. The molecule has 10 heteroatoms. The maximum absolute atomic E-state index is 12.6. The van der Waals surface area contributed by atoms with Gasteiger partial charge in [0.1, 0.15) is 0 Å². The van der Waals surface area contributed by atoms with Crippen LogP contribution >= 0.6 is 0 Å². The predicted octanol–water partition coefficient (Wildman–Crippen LogP) is 0.124. The van der Waals surface area contributed by atoms with E-state index in [4.69, 9.17) is 4.74 Å². The molecule has 0 spiro atoms. The third kappa shape index (κ3) is 3.77. The van der Waals surface area contributed by atoms with Gasteiger partial charge in [-0.3, -0.25) is 9.59 Å². The van der Waals surface area contributed by atoms with Crippen LogP contribution < -0.4 is 5.56 Å². The third-order valence-electron chi connectivity index (χ3n) is 4.89. The molecule has 0 bridgehead atoms. The Balaban J connectivity index is 1.80. The number of rotatable bonds is 4. The first-order valence-electron chi connectivity index (χ1n) is 8.75. The monoisotopic (exact) mass is 407 g/mol. The van der Waals surface area contributed by atoms with Crippen LogP contribution in [-0.2, 0) is 26.4 Å². The lowest BCUT2D eigenvalue weighted by molar-refractivity contribution is -0.140. The number of esters is 1. The van der Waals surface area contributed by atoms with Crippen LogP contribution in [0.3, 0.4) is 0 Å². The van der Waals surface area contributed by atoms with Crippen molar-refractivity contribution >= 4 is 32.5 Å². The fourth-order valence-electron chi connectivity index (χ4n) is 3.26. The van der Waals surface area contributed by atoms with Gasteiger partial charge in [-0.1, -0.05) is 18.2 Å². The van der Waals surface area contributed by atoms with Crippen molar-refractivity contribution in [3.05, 3.63) is 40.3 Å². The van der Waals surface area contributed by atoms with E-state index in [9.17, 15) is 22.8 Å². The number of amides is 1. The second-order valence-corrected chi connectivity index (χ2v) is 9.11. The normalized spacial score (nSPS) is 19.3. The average Bonchev–Trinajstić information content (AvgIpc) is 3.03. The number of hydrogen-bond acceptors (Lipinski definition) is 7. The predicted molar refractivity (Wildman–Crippen MR) is 102 cm³/mol. The molecule has 2 atom stereocenters. The van der Waals surface area contributed by atoms with E-state index in [1.165, 1.54) is 25.9 Å². The smallest absolute Gasteiger partial charge is 0.360 e. The third-order valence-corrected chi connectivity index (χ3v) is 6.64. The van der Waals surface area contributed by atoms with Crippen molar-refractivity contribution in [2.24, 2.45) is 7.05 Å². The molecule has 0 radical (unpaired) electrons. The molecule has 1 aromatic carbocycles. The largest absolute Gasteiger partial charge is 0.448 e. The van der Waals surface area contributed by atoms with Crippen molar-refractivity contribution in [2.75, 3.05) is 18.6 Å². The van der Waals surface area contributed by atoms with Gasteiger partial charge in [0, 0.05) is 25.5 Å². The number of aromatic nitrogens is 2. The number of fused-ring (bicyclic) bond motifs is 1. The van der Waals surface area contributed by atoms with Crippen molar-refractivity contribution in [1.82, 2.24) is 14.7 Å². The van der Waals surface area contributed by atoms with E-state index in [2.05, 4.69) is 5.10 Å². The van der Waals surface area contributed by atoms with Gasteiger partial charge in [0.05, 0.1) is 16.9 Å². The van der Waals surface area contributed by atoms with E-state index in [0.29, 0.717) is 17.2 Å². The maximum atomic E-state index is 12.6. The number of carbonyl (C=O) groups excluding carboxylic acids is 2. The van der Waals surface area contributed by atoms with Crippen LogP contribution in [0.1, 0.15) is 23.8 Å². The minimum Gasteiger partial charge on any atom is -0.448 e. The van der Waals surface area contributed by atoms with Crippen LogP contribution in [0, 0.1) is 0 Å². The summed E-state index contributed by atoms with van der Waals surface area (Å²) in [7, 11) is -0.220. The molecule has 1 fully saturated rings. The van der Waals surface area contributed by atoms with E-state index < -0.39 is 33.9 Å². The van der Waals surface area contributed by atoms with E-state index in [1.807, 2.05) is 0 Å². The molecule has 2 aromatic rings. The minimum atomic E-state index is -3.14. The van der Waals surface area contributed by atoms with E-state index >= 15 is 0 Å². The zero-order chi connectivity index (χ0) is 20.6. The first-order chi connectivity index (χ1) is 13.1. The van der Waals surface area contributed by atoms with Crippen LogP contribution in [-0.4, -0.2) is 65.7 Å². The van der Waals surface area contributed by atoms with E-state index in [-0.39, 0.29) is 22.8 Å². The summed E-state index contributed by atoms with van der Waals surface area (Å²) in [5.74, 6) is -1.38. The topological polar surface area (TPSA) is 116 Å². The number of nitrogens with zero attached hydrogens (tertiary/aromatic N) is 3.